The second kappa shape index (κ2) is 11.1. The summed E-state index contributed by atoms with van der Waals surface area (Å²) >= 11 is 1.59. The Kier molecular flexibility index (Phi) is 7.12. The molecule has 0 N–H and O–H groups in total. The molecule has 0 amide bonds. The molecular formula is C30H29N5OS. The van der Waals surface area contributed by atoms with Crippen molar-refractivity contribution in [1.29, 1.82) is 0 Å². The molecule has 37 heavy (non-hydrogen) atoms. The molecule has 1 fully saturated rings. The van der Waals surface area contributed by atoms with Crippen LogP contribution in [0.5, 0.6) is 0 Å². The van der Waals surface area contributed by atoms with Crippen LogP contribution in [0, 0.1) is 0 Å². The number of nitrogens with zero attached hydrogens (tertiary/aromatic N) is 5. The Hall–Kier alpha value is -3.71. The zero-order valence-corrected chi connectivity index (χ0v) is 21.4. The first-order valence-corrected chi connectivity index (χ1v) is 13.9. The van der Waals surface area contributed by atoms with Crippen molar-refractivity contribution in [3.05, 3.63) is 120 Å². The van der Waals surface area contributed by atoms with Gasteiger partial charge in [-0.05, 0) is 36.1 Å². The fraction of sp³-hybridized carbons (Fsp3) is 0.267. The maximum Gasteiger partial charge on any atom is 0.237 e. The summed E-state index contributed by atoms with van der Waals surface area (Å²) in [5.74, 6) is 3.20. The van der Waals surface area contributed by atoms with E-state index in [0.29, 0.717) is 23.4 Å². The van der Waals surface area contributed by atoms with Crippen molar-refractivity contribution in [2.45, 2.75) is 54.8 Å². The van der Waals surface area contributed by atoms with Gasteiger partial charge >= 0.3 is 0 Å². The number of hydrogen-bond acceptors (Lipinski definition) is 6. The summed E-state index contributed by atoms with van der Waals surface area (Å²) in [4.78, 5) is 4.82. The average Bonchev–Trinajstić information content (AvgIpc) is 3.62. The van der Waals surface area contributed by atoms with Crippen molar-refractivity contribution in [3.63, 3.8) is 0 Å². The average molecular weight is 508 g/mol. The van der Waals surface area contributed by atoms with Gasteiger partial charge < -0.3 is 4.52 Å². The Morgan fingerprint density at radius 3 is 2.05 bits per heavy atom. The highest BCUT2D eigenvalue weighted by molar-refractivity contribution is 7.98. The maximum atomic E-state index is 5.74. The molecule has 3 aromatic carbocycles. The van der Waals surface area contributed by atoms with E-state index in [4.69, 9.17) is 9.51 Å². The number of rotatable bonds is 8. The summed E-state index contributed by atoms with van der Waals surface area (Å²) in [6.45, 7) is 0. The van der Waals surface area contributed by atoms with Crippen LogP contribution in [0.4, 0.5) is 0 Å². The van der Waals surface area contributed by atoms with Crippen molar-refractivity contribution >= 4 is 11.8 Å². The third-order valence-corrected chi connectivity index (χ3v) is 7.89. The molecule has 0 radical (unpaired) electrons. The van der Waals surface area contributed by atoms with Crippen LogP contribution in [0.3, 0.4) is 0 Å². The summed E-state index contributed by atoms with van der Waals surface area (Å²) in [6, 6.07) is 31.1. The minimum absolute atomic E-state index is 0.0872. The lowest BCUT2D eigenvalue weighted by molar-refractivity contribution is 0.384. The van der Waals surface area contributed by atoms with Crippen LogP contribution in [0.15, 0.2) is 101 Å². The van der Waals surface area contributed by atoms with Gasteiger partial charge in [0.2, 0.25) is 5.89 Å². The molecule has 0 saturated heterocycles. The summed E-state index contributed by atoms with van der Waals surface area (Å²) in [6.07, 6.45) is 6.16. The molecule has 1 saturated carbocycles. The second-order valence-corrected chi connectivity index (χ2v) is 10.4. The van der Waals surface area contributed by atoms with Crippen LogP contribution < -0.4 is 0 Å². The van der Waals surface area contributed by atoms with Crippen molar-refractivity contribution in [1.82, 2.24) is 24.9 Å². The van der Waals surface area contributed by atoms with Crippen molar-refractivity contribution in [2.75, 3.05) is 0 Å². The minimum Gasteiger partial charge on any atom is -0.338 e. The van der Waals surface area contributed by atoms with Crippen LogP contribution in [-0.4, -0.2) is 24.9 Å². The first-order valence-electron chi connectivity index (χ1n) is 12.9. The van der Waals surface area contributed by atoms with Gasteiger partial charge in [0, 0.05) is 11.6 Å². The van der Waals surface area contributed by atoms with Crippen molar-refractivity contribution in [3.8, 4) is 5.69 Å². The van der Waals surface area contributed by atoms with E-state index in [1.165, 1.54) is 32.1 Å². The van der Waals surface area contributed by atoms with Gasteiger partial charge in [0.1, 0.15) is 5.82 Å². The Balaban J connectivity index is 1.27. The number of aromatic nitrogens is 5. The van der Waals surface area contributed by atoms with E-state index >= 15 is 0 Å². The fourth-order valence-electron chi connectivity index (χ4n) is 5.17. The molecule has 2 aromatic heterocycles. The van der Waals surface area contributed by atoms with Crippen LogP contribution in [0.25, 0.3) is 5.69 Å². The molecule has 6 rings (SSSR count). The topological polar surface area (TPSA) is 69.6 Å². The summed E-state index contributed by atoms with van der Waals surface area (Å²) in [5.41, 5.74) is 3.36. The molecule has 1 aliphatic carbocycles. The molecule has 0 aliphatic heterocycles. The summed E-state index contributed by atoms with van der Waals surface area (Å²) < 4.78 is 7.96. The Labute approximate surface area is 221 Å². The first-order chi connectivity index (χ1) is 18.4. The Bertz CT molecular complexity index is 1370. The Morgan fingerprint density at radius 2 is 1.41 bits per heavy atom. The standard InChI is InChI=1S/C30H29N5OS/c1-5-13-22(14-6-1)27(23-15-7-2-8-16-23)28-31-26(36-34-28)21-37-30-33-32-29(24-17-9-3-10-18-24)35(30)25-19-11-4-12-20-25/h1-2,4-8,11-16,19-20,24,27H,3,9-10,17-18,21H2. The van der Waals surface area contributed by atoms with Crippen molar-refractivity contribution < 1.29 is 4.52 Å². The number of benzene rings is 3. The first kappa shape index (κ1) is 23.7. The molecule has 5 aromatic rings. The lowest BCUT2D eigenvalue weighted by Crippen LogP contribution is -2.11. The van der Waals surface area contributed by atoms with E-state index in [1.54, 1.807) is 11.8 Å². The third kappa shape index (κ3) is 5.23. The van der Waals surface area contributed by atoms with Gasteiger partial charge in [-0.25, -0.2) is 0 Å². The summed E-state index contributed by atoms with van der Waals surface area (Å²) in [5, 5.41) is 14.5. The number of thioether (sulfide) groups is 1. The quantitative estimate of drug-likeness (QED) is 0.207. The normalized spacial score (nSPS) is 14.3. The molecule has 1 aliphatic rings. The van der Waals surface area contributed by atoms with E-state index in [-0.39, 0.29) is 5.92 Å². The second-order valence-electron chi connectivity index (χ2n) is 9.44. The molecule has 7 heteroatoms. The van der Waals surface area contributed by atoms with E-state index < -0.39 is 0 Å². The van der Waals surface area contributed by atoms with Crippen molar-refractivity contribution in [2.24, 2.45) is 0 Å². The lowest BCUT2D eigenvalue weighted by Gasteiger charge is -2.22. The molecule has 186 valence electrons. The van der Waals surface area contributed by atoms with E-state index in [1.807, 2.05) is 42.5 Å². The molecule has 0 unspecified atom stereocenters. The molecule has 2 heterocycles. The van der Waals surface area contributed by atoms with Gasteiger partial charge in [0.25, 0.3) is 0 Å². The van der Waals surface area contributed by atoms with Crippen LogP contribution in [-0.2, 0) is 5.75 Å². The largest absolute Gasteiger partial charge is 0.338 e. The van der Waals surface area contributed by atoms with Gasteiger partial charge in [0.15, 0.2) is 11.0 Å². The van der Waals surface area contributed by atoms with Gasteiger partial charge in [-0.15, -0.1) is 10.2 Å². The van der Waals surface area contributed by atoms with Gasteiger partial charge in [-0.3, -0.25) is 4.57 Å². The molecule has 0 atom stereocenters. The highest BCUT2D eigenvalue weighted by Gasteiger charge is 2.26. The highest BCUT2D eigenvalue weighted by atomic mass is 32.2. The molecule has 0 bridgehead atoms. The van der Waals surface area contributed by atoms with E-state index in [9.17, 15) is 0 Å². The molecular weight excluding hydrogens is 478 g/mol. The smallest absolute Gasteiger partial charge is 0.237 e. The Morgan fingerprint density at radius 1 is 0.784 bits per heavy atom. The number of hydrogen-bond donors (Lipinski definition) is 0. The predicted molar refractivity (Wildman–Crippen MR) is 145 cm³/mol. The predicted octanol–water partition coefficient (Wildman–Crippen LogP) is 7.17. The highest BCUT2D eigenvalue weighted by Crippen LogP contribution is 2.36. The van der Waals surface area contributed by atoms with Crippen LogP contribution >= 0.6 is 11.8 Å². The zero-order chi connectivity index (χ0) is 24.9. The van der Waals surface area contributed by atoms with E-state index in [2.05, 4.69) is 68.5 Å². The van der Waals surface area contributed by atoms with Gasteiger partial charge in [-0.2, -0.15) is 4.98 Å². The summed E-state index contributed by atoms with van der Waals surface area (Å²) in [7, 11) is 0. The molecule has 0 spiro atoms. The fourth-order valence-corrected chi connectivity index (χ4v) is 5.97. The zero-order valence-electron chi connectivity index (χ0n) is 20.6. The SMILES string of the molecule is c1ccc(C(c2ccccc2)c2noc(CSc3nnc(C4CCCCC4)n3-c3ccccc3)n2)cc1. The lowest BCUT2D eigenvalue weighted by atomic mass is 9.88. The monoisotopic (exact) mass is 507 g/mol. The van der Waals surface area contributed by atoms with Gasteiger partial charge in [0.05, 0.1) is 11.7 Å². The molecule has 6 nitrogen and oxygen atoms in total. The third-order valence-electron chi connectivity index (χ3n) is 6.98. The minimum atomic E-state index is -0.0872. The van der Waals surface area contributed by atoms with Crippen LogP contribution in [0.1, 0.15) is 72.6 Å². The van der Waals surface area contributed by atoms with Crippen LogP contribution in [0.2, 0.25) is 0 Å². The maximum absolute atomic E-state index is 5.74. The van der Waals surface area contributed by atoms with E-state index in [0.717, 1.165) is 27.8 Å². The number of para-hydroxylation sites is 1. The van der Waals surface area contributed by atoms with Gasteiger partial charge in [-0.1, -0.05) is 115 Å².